The van der Waals surface area contributed by atoms with E-state index in [0.29, 0.717) is 11.5 Å². The van der Waals surface area contributed by atoms with Gasteiger partial charge in [0.2, 0.25) is 18.2 Å². The number of benzene rings is 2. The van der Waals surface area contributed by atoms with Gasteiger partial charge in [-0.1, -0.05) is 0 Å². The first kappa shape index (κ1) is 32.7. The highest BCUT2D eigenvalue weighted by atomic mass is 16.7. The molecule has 3 rings (SSSR count). The van der Waals surface area contributed by atoms with E-state index in [1.165, 1.54) is 25.3 Å². The summed E-state index contributed by atoms with van der Waals surface area (Å²) in [5.41, 5.74) is -0.0263. The lowest BCUT2D eigenvalue weighted by molar-refractivity contribution is -0.298. The Kier molecular flexibility index (Phi) is 11.3. The predicted octanol–water partition coefficient (Wildman–Crippen LogP) is 2.12. The van der Waals surface area contributed by atoms with Crippen LogP contribution >= 0.6 is 0 Å². The number of ketones is 1. The first-order chi connectivity index (χ1) is 20.4. The van der Waals surface area contributed by atoms with E-state index in [0.717, 1.165) is 27.7 Å². The normalized spacial score (nSPS) is 21.1. The van der Waals surface area contributed by atoms with Gasteiger partial charge < -0.3 is 43.0 Å². The van der Waals surface area contributed by atoms with Crippen LogP contribution < -0.4 is 14.2 Å². The molecular weight excluding hydrogens is 572 g/mol. The van der Waals surface area contributed by atoms with Gasteiger partial charge in [0.25, 0.3) is 0 Å². The van der Waals surface area contributed by atoms with Gasteiger partial charge >= 0.3 is 23.9 Å². The number of hydrogen-bond acceptors (Lipinski definition) is 14. The molecule has 0 aliphatic carbocycles. The lowest BCUT2D eigenvalue weighted by atomic mass is 9.98. The molecule has 0 amide bonds. The topological polar surface area (TPSA) is 179 Å². The zero-order valence-electron chi connectivity index (χ0n) is 24.1. The van der Waals surface area contributed by atoms with Crippen LogP contribution in [0.1, 0.15) is 38.1 Å². The Labute approximate surface area is 246 Å². The summed E-state index contributed by atoms with van der Waals surface area (Å²) in [4.78, 5) is 60.0. The van der Waals surface area contributed by atoms with Crippen molar-refractivity contribution in [2.24, 2.45) is 0 Å². The van der Waals surface area contributed by atoms with Gasteiger partial charge in [0.05, 0.1) is 12.7 Å². The van der Waals surface area contributed by atoms with Crippen molar-refractivity contribution in [2.45, 2.75) is 58.4 Å². The summed E-state index contributed by atoms with van der Waals surface area (Å²) in [5.74, 6) is -2.94. The molecule has 0 saturated carbocycles. The van der Waals surface area contributed by atoms with Gasteiger partial charge in [-0.2, -0.15) is 0 Å². The maximum absolute atomic E-state index is 12.6. The molecule has 14 heteroatoms. The van der Waals surface area contributed by atoms with Crippen molar-refractivity contribution in [1.82, 2.24) is 0 Å². The summed E-state index contributed by atoms with van der Waals surface area (Å²) in [6.45, 7) is 3.63. The fraction of sp³-hybridized carbons (Fsp3) is 0.414. The van der Waals surface area contributed by atoms with Crippen molar-refractivity contribution in [2.75, 3.05) is 20.3 Å². The van der Waals surface area contributed by atoms with Gasteiger partial charge in [-0.25, -0.2) is 0 Å². The lowest BCUT2D eigenvalue weighted by Crippen LogP contribution is -2.63. The molecule has 1 heterocycles. The van der Waals surface area contributed by atoms with Crippen molar-refractivity contribution in [3.05, 3.63) is 48.0 Å². The fourth-order valence-electron chi connectivity index (χ4n) is 4.16. The second-order valence-corrected chi connectivity index (χ2v) is 9.25. The van der Waals surface area contributed by atoms with Crippen molar-refractivity contribution in [3.8, 4) is 23.0 Å². The number of phenols is 1. The molecule has 1 aliphatic heterocycles. The summed E-state index contributed by atoms with van der Waals surface area (Å²) in [6, 6.07) is 10.5. The third-order valence-corrected chi connectivity index (χ3v) is 5.89. The van der Waals surface area contributed by atoms with Crippen LogP contribution in [-0.4, -0.2) is 85.8 Å². The second kappa shape index (κ2) is 14.9. The summed E-state index contributed by atoms with van der Waals surface area (Å²) in [6.07, 6.45) is -7.03. The number of phenolic OH excluding ortho intramolecular Hbond substituents is 1. The van der Waals surface area contributed by atoms with Crippen LogP contribution in [0.3, 0.4) is 0 Å². The Hall–Kier alpha value is -4.85. The molecular formula is C29H32O14. The highest BCUT2D eigenvalue weighted by Gasteiger charge is 2.53. The van der Waals surface area contributed by atoms with Crippen LogP contribution in [0.2, 0.25) is 0 Å². The van der Waals surface area contributed by atoms with E-state index in [-0.39, 0.29) is 24.5 Å². The third kappa shape index (κ3) is 9.33. The Morgan fingerprint density at radius 1 is 0.698 bits per heavy atom. The van der Waals surface area contributed by atoms with E-state index >= 15 is 0 Å². The molecule has 5 atom stereocenters. The third-order valence-electron chi connectivity index (χ3n) is 5.89. The molecule has 1 saturated heterocycles. The second-order valence-electron chi connectivity index (χ2n) is 9.25. The summed E-state index contributed by atoms with van der Waals surface area (Å²) >= 11 is 0. The molecule has 0 bridgehead atoms. The lowest BCUT2D eigenvalue weighted by Gasteiger charge is -2.43. The fourth-order valence-corrected chi connectivity index (χ4v) is 4.16. The molecule has 0 spiro atoms. The molecule has 0 aromatic heterocycles. The average Bonchev–Trinajstić information content (AvgIpc) is 2.93. The Morgan fingerprint density at radius 2 is 1.23 bits per heavy atom. The molecule has 232 valence electrons. The minimum absolute atomic E-state index is 0.0263. The van der Waals surface area contributed by atoms with Crippen LogP contribution in [0, 0.1) is 0 Å². The number of carbonyl (C=O) groups is 5. The van der Waals surface area contributed by atoms with Gasteiger partial charge in [0, 0.05) is 33.8 Å². The Morgan fingerprint density at radius 3 is 1.79 bits per heavy atom. The van der Waals surface area contributed by atoms with Crippen LogP contribution in [0.5, 0.6) is 23.0 Å². The number of aromatic hydroxyl groups is 1. The number of hydrogen-bond donors (Lipinski definition) is 1. The standard InChI is InChI=1S/C29H32O14/c1-15(30)39-26-25(43-29(42-18(4)33)28(41-17(3)32)27(26)40-16(2)31)14-38-21-10-11-22(23(34)12-21)24(35)13-37-20-8-6-19(36-5)7-9-20/h6-12,25-29,34H,13-14H2,1-5H3/t25?,26-,27+,28-,29-/m0/s1. The zero-order valence-corrected chi connectivity index (χ0v) is 24.1. The number of Topliss-reactive ketones (excluding diaryl/α,β-unsaturated/α-hetero) is 1. The first-order valence-corrected chi connectivity index (χ1v) is 13.0. The molecule has 1 fully saturated rings. The maximum atomic E-state index is 12.6. The van der Waals surface area contributed by atoms with E-state index in [1.54, 1.807) is 24.3 Å². The molecule has 1 aliphatic rings. The largest absolute Gasteiger partial charge is 0.507 e. The minimum Gasteiger partial charge on any atom is -0.507 e. The van der Waals surface area contributed by atoms with E-state index in [9.17, 15) is 29.1 Å². The average molecular weight is 605 g/mol. The number of rotatable bonds is 12. The number of ether oxygens (including phenoxy) is 8. The van der Waals surface area contributed by atoms with E-state index in [4.69, 9.17) is 37.9 Å². The van der Waals surface area contributed by atoms with Crippen molar-refractivity contribution in [1.29, 1.82) is 0 Å². The van der Waals surface area contributed by atoms with Crippen LogP contribution in [0.25, 0.3) is 0 Å². The van der Waals surface area contributed by atoms with Gasteiger partial charge in [-0.05, 0) is 36.4 Å². The molecule has 14 nitrogen and oxygen atoms in total. The van der Waals surface area contributed by atoms with Gasteiger partial charge in [-0.15, -0.1) is 0 Å². The Bertz CT molecular complexity index is 1320. The minimum atomic E-state index is -1.55. The summed E-state index contributed by atoms with van der Waals surface area (Å²) in [5, 5.41) is 10.5. The molecule has 1 N–H and O–H groups in total. The SMILES string of the molecule is COc1ccc(OCC(=O)c2ccc(OCC3O[C@H](OC(C)=O)[C@@H](OC(C)=O)[C@H](OC(C)=O)[C@H]3OC(C)=O)cc2O)cc1. The number of carbonyl (C=O) groups excluding carboxylic acids is 5. The molecule has 2 aromatic rings. The number of methoxy groups -OCH3 is 1. The molecule has 2 aromatic carbocycles. The maximum Gasteiger partial charge on any atom is 0.305 e. The van der Waals surface area contributed by atoms with Crippen molar-refractivity contribution >= 4 is 29.7 Å². The summed E-state index contributed by atoms with van der Waals surface area (Å²) < 4.78 is 43.1. The van der Waals surface area contributed by atoms with Crippen LogP contribution in [-0.2, 0) is 42.9 Å². The van der Waals surface area contributed by atoms with Crippen molar-refractivity contribution < 1.29 is 67.0 Å². The smallest absolute Gasteiger partial charge is 0.305 e. The highest BCUT2D eigenvalue weighted by Crippen LogP contribution is 2.31. The monoisotopic (exact) mass is 604 g/mol. The van der Waals surface area contributed by atoms with Crippen LogP contribution in [0.15, 0.2) is 42.5 Å². The quantitative estimate of drug-likeness (QED) is 0.211. The molecule has 43 heavy (non-hydrogen) atoms. The highest BCUT2D eigenvalue weighted by molar-refractivity contribution is 5.99. The van der Waals surface area contributed by atoms with Gasteiger partial charge in [0.1, 0.15) is 35.7 Å². The predicted molar refractivity (Wildman–Crippen MR) is 144 cm³/mol. The van der Waals surface area contributed by atoms with E-state index < -0.39 is 66.1 Å². The number of esters is 4. The zero-order chi connectivity index (χ0) is 31.7. The van der Waals surface area contributed by atoms with E-state index in [2.05, 4.69) is 0 Å². The molecule has 0 radical (unpaired) electrons. The van der Waals surface area contributed by atoms with Gasteiger partial charge in [0.15, 0.2) is 18.8 Å². The van der Waals surface area contributed by atoms with Crippen molar-refractivity contribution in [3.63, 3.8) is 0 Å². The molecule has 1 unspecified atom stereocenters. The first-order valence-electron chi connectivity index (χ1n) is 13.0. The Balaban J connectivity index is 1.76. The van der Waals surface area contributed by atoms with E-state index in [1.807, 2.05) is 0 Å². The van der Waals surface area contributed by atoms with Crippen LogP contribution in [0.4, 0.5) is 0 Å². The van der Waals surface area contributed by atoms with Gasteiger partial charge in [-0.3, -0.25) is 24.0 Å². The summed E-state index contributed by atoms with van der Waals surface area (Å²) in [7, 11) is 1.52.